The van der Waals surface area contributed by atoms with E-state index >= 15 is 0 Å². The van der Waals surface area contributed by atoms with Crippen molar-refractivity contribution in [1.29, 1.82) is 0 Å². The van der Waals surface area contributed by atoms with E-state index < -0.39 is 0 Å². The Hall–Kier alpha value is -5.91. The zero-order chi connectivity index (χ0) is 42.9. The first-order chi connectivity index (χ1) is 30.0. The fraction of sp³-hybridized carbons (Fsp3) is 0.246. The third kappa shape index (κ3) is 6.77. The van der Waals surface area contributed by atoms with Gasteiger partial charge in [-0.05, 0) is 147 Å². The molecule has 310 valence electrons. The number of imidazole rings is 1. The van der Waals surface area contributed by atoms with Crippen molar-refractivity contribution in [3.63, 3.8) is 0 Å². The van der Waals surface area contributed by atoms with Crippen molar-refractivity contribution < 1.29 is 0 Å². The van der Waals surface area contributed by atoms with Crippen molar-refractivity contribution in [3.8, 4) is 22.8 Å². The van der Waals surface area contributed by atoms with Crippen LogP contribution >= 0.6 is 15.9 Å². The lowest BCUT2D eigenvalue weighted by Gasteiger charge is -2.29. The minimum absolute atomic E-state index is 0.0273. The molecule has 0 spiro atoms. The van der Waals surface area contributed by atoms with Gasteiger partial charge in [0.05, 0.1) is 37.9 Å². The monoisotopic (exact) mass is 874 g/mol. The number of fused-ring (bicyclic) bond motifs is 6. The number of aryl methyl sites for hydroxylation is 2. The second-order valence-electron chi connectivity index (χ2n) is 18.8. The van der Waals surface area contributed by atoms with Crippen molar-refractivity contribution >= 4 is 65.8 Å². The van der Waals surface area contributed by atoms with E-state index in [9.17, 15) is 0 Å². The summed E-state index contributed by atoms with van der Waals surface area (Å²) in [5.74, 6) is 1.67. The number of rotatable bonds is 8. The van der Waals surface area contributed by atoms with Crippen LogP contribution in [0.15, 0.2) is 150 Å². The van der Waals surface area contributed by atoms with E-state index in [1.165, 1.54) is 68.0 Å². The van der Waals surface area contributed by atoms with E-state index in [4.69, 9.17) is 4.98 Å². The number of hydrogen-bond acceptors (Lipinski definition) is 2. The number of benzene rings is 7. The highest BCUT2D eigenvalue weighted by atomic mass is 79.9. The number of nitrogens with zero attached hydrogens (tertiary/aromatic N) is 4. The van der Waals surface area contributed by atoms with Gasteiger partial charge in [0.1, 0.15) is 5.82 Å². The molecule has 0 N–H and O–H groups in total. The molecule has 0 fully saturated rings. The molecule has 2 aromatic heterocycles. The van der Waals surface area contributed by atoms with E-state index in [0.29, 0.717) is 11.8 Å². The molecule has 0 atom stereocenters. The average molecular weight is 876 g/mol. The quantitative estimate of drug-likeness (QED) is 0.152. The molecule has 0 saturated heterocycles. The molecule has 10 rings (SSSR count). The number of para-hydroxylation sites is 2. The summed E-state index contributed by atoms with van der Waals surface area (Å²) in [6.45, 7) is 16.1. The minimum atomic E-state index is 0.0273. The molecule has 5 heteroatoms. The summed E-state index contributed by atoms with van der Waals surface area (Å²) in [7, 11) is 0. The number of aromatic nitrogens is 3. The first kappa shape index (κ1) is 40.2. The summed E-state index contributed by atoms with van der Waals surface area (Å²) in [6, 6.07) is 53.9. The Balaban J connectivity index is 1.23. The highest BCUT2D eigenvalue weighted by Crippen LogP contribution is 2.46. The van der Waals surface area contributed by atoms with Gasteiger partial charge in [-0.3, -0.25) is 4.57 Å². The topological polar surface area (TPSA) is 26.0 Å². The molecule has 0 radical (unpaired) electrons. The van der Waals surface area contributed by atoms with Gasteiger partial charge >= 0.3 is 0 Å². The van der Waals surface area contributed by atoms with Crippen LogP contribution in [-0.4, -0.2) is 14.1 Å². The largest absolute Gasteiger partial charge is 0.309 e. The molecule has 62 heavy (non-hydrogen) atoms. The van der Waals surface area contributed by atoms with Gasteiger partial charge in [-0.25, -0.2) is 4.98 Å². The van der Waals surface area contributed by atoms with Crippen LogP contribution in [0.25, 0.3) is 55.6 Å². The standard InChI is InChI=1S/C57H55BrN4/c1-36(2)43-23-15-24-44(37(3)4)53(43)56-59-55-45-20-9-8-17-38(45)29-34-52(55)62(56)51-28-16-27-50(54(51)58)60(40-32-30-39(31-33-40)57(5,6)7)41-18-14-19-42(35-41)61-48-25-12-10-21-46(48)47-22-11-13-26-49(47)61/h10-16,18-19,21-37H,8-9,17,20H2,1-7H3. The van der Waals surface area contributed by atoms with Crippen molar-refractivity contribution in [2.24, 2.45) is 0 Å². The van der Waals surface area contributed by atoms with Crippen molar-refractivity contribution in [2.75, 3.05) is 4.90 Å². The molecule has 0 bridgehead atoms. The van der Waals surface area contributed by atoms with Crippen LogP contribution in [-0.2, 0) is 18.3 Å². The number of halogens is 1. The van der Waals surface area contributed by atoms with Crippen molar-refractivity contribution in [1.82, 2.24) is 14.1 Å². The first-order valence-electron chi connectivity index (χ1n) is 22.4. The molecule has 7 aromatic carbocycles. The maximum atomic E-state index is 5.74. The summed E-state index contributed by atoms with van der Waals surface area (Å²) >= 11 is 4.33. The molecular formula is C57H55BrN4. The number of anilines is 3. The predicted octanol–water partition coefficient (Wildman–Crippen LogP) is 16.4. The zero-order valence-corrected chi connectivity index (χ0v) is 38.6. The van der Waals surface area contributed by atoms with Gasteiger partial charge in [-0.1, -0.05) is 133 Å². The second-order valence-corrected chi connectivity index (χ2v) is 19.6. The Morgan fingerprint density at radius 2 is 1.23 bits per heavy atom. The Kier molecular flexibility index (Phi) is 10.2. The molecule has 4 nitrogen and oxygen atoms in total. The lowest BCUT2D eigenvalue weighted by atomic mass is 9.87. The van der Waals surface area contributed by atoms with E-state index in [2.05, 4.69) is 224 Å². The van der Waals surface area contributed by atoms with Gasteiger partial charge in [-0.2, -0.15) is 0 Å². The summed E-state index contributed by atoms with van der Waals surface area (Å²) in [5.41, 5.74) is 18.2. The maximum Gasteiger partial charge on any atom is 0.146 e. The van der Waals surface area contributed by atoms with Crippen LogP contribution in [0.1, 0.15) is 101 Å². The Morgan fingerprint density at radius 1 is 0.597 bits per heavy atom. The normalized spacial score (nSPS) is 13.2. The fourth-order valence-corrected chi connectivity index (χ4v) is 10.6. The molecular weight excluding hydrogens is 821 g/mol. The van der Waals surface area contributed by atoms with E-state index in [0.717, 1.165) is 62.6 Å². The smallest absolute Gasteiger partial charge is 0.146 e. The van der Waals surface area contributed by atoms with E-state index in [1.54, 1.807) is 0 Å². The minimum Gasteiger partial charge on any atom is -0.309 e. The molecule has 0 saturated carbocycles. The maximum absolute atomic E-state index is 5.74. The van der Waals surface area contributed by atoms with Crippen LogP contribution in [0.4, 0.5) is 17.1 Å². The highest BCUT2D eigenvalue weighted by Gasteiger charge is 2.28. The molecule has 0 aliphatic heterocycles. The van der Waals surface area contributed by atoms with Crippen LogP contribution in [0.3, 0.4) is 0 Å². The first-order valence-corrected chi connectivity index (χ1v) is 23.2. The van der Waals surface area contributed by atoms with Crippen LogP contribution < -0.4 is 4.90 Å². The summed E-state index contributed by atoms with van der Waals surface area (Å²) in [4.78, 5) is 8.16. The summed E-state index contributed by atoms with van der Waals surface area (Å²) < 4.78 is 5.87. The molecule has 0 amide bonds. The SMILES string of the molecule is CC(C)c1cccc(C(C)C)c1-c1nc2c3c(ccc2n1-c1cccc(N(c2ccc(C(C)(C)C)cc2)c2cccc(-n4c5ccccc5c5ccccc54)c2)c1Br)CCCC3. The van der Waals surface area contributed by atoms with Gasteiger partial charge in [0.25, 0.3) is 0 Å². The molecule has 1 aliphatic rings. The van der Waals surface area contributed by atoms with Crippen LogP contribution in [0.2, 0.25) is 0 Å². The van der Waals surface area contributed by atoms with E-state index in [-0.39, 0.29) is 5.41 Å². The molecule has 1 aliphatic carbocycles. The van der Waals surface area contributed by atoms with Crippen molar-refractivity contribution in [3.05, 3.63) is 178 Å². The molecule has 2 heterocycles. The van der Waals surface area contributed by atoms with Crippen LogP contribution in [0.5, 0.6) is 0 Å². The van der Waals surface area contributed by atoms with Gasteiger partial charge in [0.2, 0.25) is 0 Å². The lowest BCUT2D eigenvalue weighted by molar-refractivity contribution is 0.590. The predicted molar refractivity (Wildman–Crippen MR) is 267 cm³/mol. The fourth-order valence-electron chi connectivity index (χ4n) is 9.96. The highest BCUT2D eigenvalue weighted by molar-refractivity contribution is 9.10. The molecule has 0 unspecified atom stereocenters. The Labute approximate surface area is 375 Å². The Morgan fingerprint density at radius 3 is 1.89 bits per heavy atom. The summed E-state index contributed by atoms with van der Waals surface area (Å²) in [5, 5.41) is 2.51. The summed E-state index contributed by atoms with van der Waals surface area (Å²) in [6.07, 6.45) is 4.61. The van der Waals surface area contributed by atoms with Gasteiger partial charge in [-0.15, -0.1) is 0 Å². The van der Waals surface area contributed by atoms with Gasteiger partial charge in [0, 0.05) is 33.4 Å². The molecule has 9 aromatic rings. The van der Waals surface area contributed by atoms with E-state index in [1.807, 2.05) is 0 Å². The zero-order valence-electron chi connectivity index (χ0n) is 37.0. The van der Waals surface area contributed by atoms with Crippen LogP contribution in [0, 0.1) is 0 Å². The Bertz CT molecular complexity index is 3060. The third-order valence-electron chi connectivity index (χ3n) is 13.1. The van der Waals surface area contributed by atoms with Crippen molar-refractivity contribution in [2.45, 2.75) is 91.4 Å². The second kappa shape index (κ2) is 15.8. The third-order valence-corrected chi connectivity index (χ3v) is 13.9. The van der Waals surface area contributed by atoms with Gasteiger partial charge in [0.15, 0.2) is 0 Å². The number of hydrogen-bond donors (Lipinski definition) is 0. The average Bonchev–Trinajstić information content (AvgIpc) is 3.83. The lowest BCUT2D eigenvalue weighted by Crippen LogP contribution is -2.14. The van der Waals surface area contributed by atoms with Gasteiger partial charge < -0.3 is 9.47 Å².